The van der Waals surface area contributed by atoms with Crippen molar-refractivity contribution < 1.29 is 8.42 Å². The Morgan fingerprint density at radius 1 is 1.36 bits per heavy atom. The molecule has 0 amide bonds. The molecule has 0 aliphatic carbocycles. The average molecular weight is 177 g/mol. The zero-order chi connectivity index (χ0) is 8.70. The van der Waals surface area contributed by atoms with Crippen molar-refractivity contribution in [2.24, 2.45) is 0 Å². The monoisotopic (exact) mass is 177 g/mol. The molecule has 1 heterocycles. The fourth-order valence-electron chi connectivity index (χ4n) is 1.40. The van der Waals surface area contributed by atoms with Crippen LogP contribution in [-0.2, 0) is 10.0 Å². The molecule has 0 unspecified atom stereocenters. The van der Waals surface area contributed by atoms with Gasteiger partial charge in [-0.15, -0.1) is 0 Å². The van der Waals surface area contributed by atoms with E-state index in [1.165, 1.54) is 4.31 Å². The fourth-order valence-corrected chi connectivity index (χ4v) is 3.01. The highest BCUT2D eigenvalue weighted by Crippen LogP contribution is 2.29. The lowest BCUT2D eigenvalue weighted by molar-refractivity contribution is 0.374. The first kappa shape index (κ1) is 9.00. The van der Waals surface area contributed by atoms with E-state index >= 15 is 0 Å². The molecule has 0 radical (unpaired) electrons. The summed E-state index contributed by atoms with van der Waals surface area (Å²) in [4.78, 5) is 0. The summed E-state index contributed by atoms with van der Waals surface area (Å²) < 4.78 is 24.0. The van der Waals surface area contributed by atoms with Crippen LogP contribution < -0.4 is 0 Å². The Morgan fingerprint density at radius 3 is 2.27 bits per heavy atom. The van der Waals surface area contributed by atoms with Gasteiger partial charge in [0.2, 0.25) is 10.0 Å². The molecule has 1 aliphatic heterocycles. The molecule has 1 fully saturated rings. The summed E-state index contributed by atoms with van der Waals surface area (Å²) in [7, 11) is -1.36. The Labute approximate surface area is 68.4 Å². The summed E-state index contributed by atoms with van der Waals surface area (Å²) in [6, 6.07) is 0. The predicted octanol–water partition coefficient (Wildman–Crippen LogP) is 0.820. The van der Waals surface area contributed by atoms with Crippen molar-refractivity contribution in [1.29, 1.82) is 0 Å². The third-order valence-corrected chi connectivity index (χ3v) is 4.96. The molecule has 3 nitrogen and oxygen atoms in total. The van der Waals surface area contributed by atoms with Gasteiger partial charge in [0.15, 0.2) is 0 Å². The van der Waals surface area contributed by atoms with Crippen molar-refractivity contribution in [2.75, 3.05) is 13.6 Å². The molecule has 0 bridgehead atoms. The van der Waals surface area contributed by atoms with Gasteiger partial charge in [0, 0.05) is 13.6 Å². The predicted molar refractivity (Wildman–Crippen MR) is 44.9 cm³/mol. The van der Waals surface area contributed by atoms with Crippen molar-refractivity contribution >= 4 is 10.0 Å². The van der Waals surface area contributed by atoms with Crippen molar-refractivity contribution in [3.05, 3.63) is 0 Å². The van der Waals surface area contributed by atoms with E-state index in [0.717, 1.165) is 12.8 Å². The molecule has 0 spiro atoms. The van der Waals surface area contributed by atoms with E-state index in [1.54, 1.807) is 20.9 Å². The molecule has 4 heteroatoms. The highest BCUT2D eigenvalue weighted by Gasteiger charge is 2.40. The second-order valence-electron chi connectivity index (χ2n) is 3.69. The third-order valence-electron chi connectivity index (χ3n) is 2.36. The highest BCUT2D eigenvalue weighted by molar-refractivity contribution is 7.90. The van der Waals surface area contributed by atoms with E-state index in [1.807, 2.05) is 0 Å². The van der Waals surface area contributed by atoms with Gasteiger partial charge in [0.1, 0.15) is 0 Å². The molecule has 11 heavy (non-hydrogen) atoms. The van der Waals surface area contributed by atoms with Crippen LogP contribution in [0.5, 0.6) is 0 Å². The Hall–Kier alpha value is -0.0900. The number of hydrogen-bond acceptors (Lipinski definition) is 2. The van der Waals surface area contributed by atoms with Crippen LogP contribution in [0.15, 0.2) is 0 Å². The minimum Gasteiger partial charge on any atom is -0.212 e. The largest absolute Gasteiger partial charge is 0.219 e. The molecule has 66 valence electrons. The van der Waals surface area contributed by atoms with Crippen LogP contribution in [0.2, 0.25) is 0 Å². The Bertz CT molecular complexity index is 243. The van der Waals surface area contributed by atoms with Gasteiger partial charge in [0.05, 0.1) is 4.75 Å². The van der Waals surface area contributed by atoms with E-state index in [4.69, 9.17) is 0 Å². The summed E-state index contributed by atoms with van der Waals surface area (Å²) in [5, 5.41) is 0. The van der Waals surface area contributed by atoms with E-state index in [2.05, 4.69) is 0 Å². The molecule has 0 N–H and O–H groups in total. The maximum Gasteiger partial charge on any atom is 0.219 e. The smallest absolute Gasteiger partial charge is 0.212 e. The summed E-state index contributed by atoms with van der Waals surface area (Å²) >= 11 is 0. The zero-order valence-corrected chi connectivity index (χ0v) is 8.11. The molecular weight excluding hydrogens is 162 g/mol. The number of rotatable bonds is 0. The van der Waals surface area contributed by atoms with Gasteiger partial charge in [-0.05, 0) is 26.7 Å². The SMILES string of the molecule is CN1CCCC(C)(C)S1(=O)=O. The molecule has 0 atom stereocenters. The standard InChI is InChI=1S/C7H15NO2S/c1-7(2)5-4-6-8(3)11(7,9)10/h4-6H2,1-3H3. The maximum absolute atomic E-state index is 11.6. The molecular formula is C7H15NO2S. The van der Waals surface area contributed by atoms with E-state index < -0.39 is 14.8 Å². The Balaban J connectivity index is 3.02. The van der Waals surface area contributed by atoms with Crippen LogP contribution in [0.4, 0.5) is 0 Å². The minimum absolute atomic E-state index is 0.556. The maximum atomic E-state index is 11.6. The van der Waals surface area contributed by atoms with Crippen LogP contribution in [-0.4, -0.2) is 31.1 Å². The van der Waals surface area contributed by atoms with Gasteiger partial charge in [-0.25, -0.2) is 12.7 Å². The van der Waals surface area contributed by atoms with E-state index in [9.17, 15) is 8.42 Å². The lowest BCUT2D eigenvalue weighted by atomic mass is 10.1. The van der Waals surface area contributed by atoms with Crippen LogP contribution in [0.1, 0.15) is 26.7 Å². The summed E-state index contributed by atoms with van der Waals surface area (Å²) in [6.07, 6.45) is 1.75. The van der Waals surface area contributed by atoms with Gasteiger partial charge < -0.3 is 0 Å². The number of hydrogen-bond donors (Lipinski definition) is 0. The van der Waals surface area contributed by atoms with Crippen molar-refractivity contribution in [3.8, 4) is 0 Å². The first-order valence-electron chi connectivity index (χ1n) is 3.84. The molecule has 0 aromatic heterocycles. The molecule has 1 rings (SSSR count). The Morgan fingerprint density at radius 2 is 1.91 bits per heavy atom. The molecule has 0 aromatic rings. The molecule has 0 saturated carbocycles. The van der Waals surface area contributed by atoms with Crippen LogP contribution >= 0.6 is 0 Å². The van der Waals surface area contributed by atoms with E-state index in [0.29, 0.717) is 6.54 Å². The van der Waals surface area contributed by atoms with Gasteiger partial charge in [0.25, 0.3) is 0 Å². The quantitative estimate of drug-likeness (QED) is 0.549. The third kappa shape index (κ3) is 1.29. The molecule has 1 saturated heterocycles. The number of nitrogens with zero attached hydrogens (tertiary/aromatic N) is 1. The summed E-state index contributed by atoms with van der Waals surface area (Å²) in [5.41, 5.74) is 0. The summed E-state index contributed by atoms with van der Waals surface area (Å²) in [6.45, 7) is 4.25. The second-order valence-corrected chi connectivity index (χ2v) is 6.37. The first-order chi connectivity index (χ1) is 4.88. The first-order valence-corrected chi connectivity index (χ1v) is 5.28. The fraction of sp³-hybridized carbons (Fsp3) is 1.00. The minimum atomic E-state index is -3.01. The van der Waals surface area contributed by atoms with E-state index in [-0.39, 0.29) is 0 Å². The Kier molecular flexibility index (Phi) is 2.01. The van der Waals surface area contributed by atoms with Crippen molar-refractivity contribution in [1.82, 2.24) is 4.31 Å². The zero-order valence-electron chi connectivity index (χ0n) is 7.29. The lowest BCUT2D eigenvalue weighted by Crippen LogP contribution is -2.47. The van der Waals surface area contributed by atoms with Crippen LogP contribution in [0.3, 0.4) is 0 Å². The average Bonchev–Trinajstić information content (AvgIpc) is 1.84. The topological polar surface area (TPSA) is 37.4 Å². The highest BCUT2D eigenvalue weighted by atomic mass is 32.2. The van der Waals surface area contributed by atoms with Gasteiger partial charge >= 0.3 is 0 Å². The van der Waals surface area contributed by atoms with Crippen LogP contribution in [0, 0.1) is 0 Å². The molecule has 0 aromatic carbocycles. The van der Waals surface area contributed by atoms with Crippen LogP contribution in [0.25, 0.3) is 0 Å². The van der Waals surface area contributed by atoms with Gasteiger partial charge in [-0.1, -0.05) is 0 Å². The van der Waals surface area contributed by atoms with Gasteiger partial charge in [-0.2, -0.15) is 0 Å². The second kappa shape index (κ2) is 2.45. The van der Waals surface area contributed by atoms with Crippen molar-refractivity contribution in [3.63, 3.8) is 0 Å². The van der Waals surface area contributed by atoms with Crippen molar-refractivity contribution in [2.45, 2.75) is 31.4 Å². The molecule has 1 aliphatic rings. The van der Waals surface area contributed by atoms with Gasteiger partial charge in [-0.3, -0.25) is 0 Å². The normalized spacial score (nSPS) is 30.1. The number of sulfonamides is 1. The lowest BCUT2D eigenvalue weighted by Gasteiger charge is -2.35. The summed E-state index contributed by atoms with van der Waals surface area (Å²) in [5.74, 6) is 0.